The van der Waals surface area contributed by atoms with Crippen LogP contribution in [0.5, 0.6) is 5.75 Å². The molecular formula is C19H26N4O. The topological polar surface area (TPSA) is 54.0 Å². The lowest BCUT2D eigenvalue weighted by molar-refractivity contribution is 0.194. The molecule has 2 fully saturated rings. The predicted molar refractivity (Wildman–Crippen MR) is 93.0 cm³/mol. The lowest BCUT2D eigenvalue weighted by Crippen LogP contribution is -2.34. The van der Waals surface area contributed by atoms with E-state index in [1.54, 1.807) is 6.33 Å². The summed E-state index contributed by atoms with van der Waals surface area (Å²) in [6.45, 7) is 3.17. The van der Waals surface area contributed by atoms with Gasteiger partial charge in [0.1, 0.15) is 17.9 Å². The normalized spacial score (nSPS) is 22.8. The molecule has 24 heavy (non-hydrogen) atoms. The maximum Gasteiger partial charge on any atom is 0.137 e. The number of ether oxygens (including phenoxy) is 1. The average Bonchev–Trinajstić information content (AvgIpc) is 3.29. The lowest BCUT2D eigenvalue weighted by Gasteiger charge is -2.31. The van der Waals surface area contributed by atoms with E-state index >= 15 is 0 Å². The van der Waals surface area contributed by atoms with Crippen LogP contribution in [0.25, 0.3) is 0 Å². The summed E-state index contributed by atoms with van der Waals surface area (Å²) < 4.78 is 6.14. The number of aromatic nitrogens is 3. The minimum atomic E-state index is 0.422. The van der Waals surface area contributed by atoms with Gasteiger partial charge in [-0.1, -0.05) is 12.1 Å². The van der Waals surface area contributed by atoms with Crippen molar-refractivity contribution < 1.29 is 4.74 Å². The average molecular weight is 326 g/mol. The summed E-state index contributed by atoms with van der Waals surface area (Å²) in [6.07, 6.45) is 9.46. The van der Waals surface area contributed by atoms with Gasteiger partial charge in [-0.3, -0.25) is 10.00 Å². The van der Waals surface area contributed by atoms with Crippen molar-refractivity contribution in [2.75, 3.05) is 13.1 Å². The number of nitrogens with zero attached hydrogens (tertiary/aromatic N) is 3. The highest BCUT2D eigenvalue weighted by molar-refractivity contribution is 5.29. The van der Waals surface area contributed by atoms with Crippen molar-refractivity contribution in [1.82, 2.24) is 20.1 Å². The van der Waals surface area contributed by atoms with Gasteiger partial charge in [-0.25, -0.2) is 4.98 Å². The molecule has 5 nitrogen and oxygen atoms in total. The predicted octanol–water partition coefficient (Wildman–Crippen LogP) is 3.51. The number of benzene rings is 1. The highest BCUT2D eigenvalue weighted by Gasteiger charge is 2.23. The van der Waals surface area contributed by atoms with E-state index in [1.165, 1.54) is 44.1 Å². The van der Waals surface area contributed by atoms with Crippen LogP contribution in [-0.2, 0) is 6.54 Å². The van der Waals surface area contributed by atoms with E-state index in [1.807, 2.05) is 0 Å². The molecule has 2 heterocycles. The molecular weight excluding hydrogens is 300 g/mol. The summed E-state index contributed by atoms with van der Waals surface area (Å²) in [5, 5.41) is 7.03. The summed E-state index contributed by atoms with van der Waals surface area (Å²) in [5.74, 6) is 2.53. The Morgan fingerprint density at radius 1 is 1.17 bits per heavy atom. The zero-order valence-corrected chi connectivity index (χ0v) is 14.2. The molecule has 5 heteroatoms. The second kappa shape index (κ2) is 7.34. The van der Waals surface area contributed by atoms with Gasteiger partial charge in [0.15, 0.2) is 0 Å². The molecule has 2 aliphatic rings. The van der Waals surface area contributed by atoms with Gasteiger partial charge in [0.05, 0.1) is 6.10 Å². The standard InChI is InChI=1S/C19H26N4O/c1-2-8-17(7-1)24-18-9-3-5-15(11-18)12-23-10-4-6-16(13-23)19-20-14-21-22-19/h3,5,9,11,14,16-17H,1-2,4,6-8,10,12-13H2,(H,20,21,22). The molecule has 1 aromatic heterocycles. The molecule has 1 aliphatic carbocycles. The van der Waals surface area contributed by atoms with E-state index in [2.05, 4.69) is 44.3 Å². The zero-order chi connectivity index (χ0) is 16.2. The Kier molecular flexibility index (Phi) is 4.78. The molecule has 4 rings (SSSR count). The number of hydrogen-bond acceptors (Lipinski definition) is 4. The van der Waals surface area contributed by atoms with Gasteiger partial charge in [-0.2, -0.15) is 5.10 Å². The van der Waals surface area contributed by atoms with Crippen LogP contribution in [0.3, 0.4) is 0 Å². The Balaban J connectivity index is 1.37. The third-order valence-corrected chi connectivity index (χ3v) is 5.24. The van der Waals surface area contributed by atoms with Crippen molar-refractivity contribution in [3.63, 3.8) is 0 Å². The van der Waals surface area contributed by atoms with Gasteiger partial charge in [0, 0.05) is 19.0 Å². The molecule has 0 bridgehead atoms. The lowest BCUT2D eigenvalue weighted by atomic mass is 9.97. The maximum absolute atomic E-state index is 6.14. The van der Waals surface area contributed by atoms with Gasteiger partial charge in [0.2, 0.25) is 0 Å². The molecule has 128 valence electrons. The number of aromatic amines is 1. The Hall–Kier alpha value is -1.88. The molecule has 1 N–H and O–H groups in total. The third-order valence-electron chi connectivity index (χ3n) is 5.24. The first-order valence-corrected chi connectivity index (χ1v) is 9.20. The quantitative estimate of drug-likeness (QED) is 0.913. The van der Waals surface area contributed by atoms with E-state index in [0.29, 0.717) is 12.0 Å². The minimum Gasteiger partial charge on any atom is -0.490 e. The number of piperidine rings is 1. The first-order chi connectivity index (χ1) is 11.9. The third kappa shape index (κ3) is 3.78. The van der Waals surface area contributed by atoms with Crippen molar-refractivity contribution in [2.24, 2.45) is 0 Å². The second-order valence-electron chi connectivity index (χ2n) is 7.12. The smallest absolute Gasteiger partial charge is 0.137 e. The van der Waals surface area contributed by atoms with Gasteiger partial charge in [-0.15, -0.1) is 0 Å². The van der Waals surface area contributed by atoms with Crippen molar-refractivity contribution in [1.29, 1.82) is 0 Å². The Labute approximate surface area is 143 Å². The number of rotatable bonds is 5. The fourth-order valence-corrected chi connectivity index (χ4v) is 4.01. The molecule has 1 atom stereocenters. The van der Waals surface area contributed by atoms with Crippen LogP contribution < -0.4 is 4.74 Å². The molecule has 0 amide bonds. The molecule has 0 radical (unpaired) electrons. The zero-order valence-electron chi connectivity index (χ0n) is 14.2. The van der Waals surface area contributed by atoms with Gasteiger partial charge in [0.25, 0.3) is 0 Å². The van der Waals surface area contributed by atoms with Crippen LogP contribution in [-0.4, -0.2) is 39.3 Å². The van der Waals surface area contributed by atoms with Crippen LogP contribution in [0, 0.1) is 0 Å². The fraction of sp³-hybridized carbons (Fsp3) is 0.579. The summed E-state index contributed by atoms with van der Waals surface area (Å²) in [6, 6.07) is 8.64. The molecule has 1 unspecified atom stereocenters. The van der Waals surface area contributed by atoms with Crippen LogP contribution >= 0.6 is 0 Å². The highest BCUT2D eigenvalue weighted by atomic mass is 16.5. The molecule has 1 aliphatic heterocycles. The molecule has 1 saturated heterocycles. The first-order valence-electron chi connectivity index (χ1n) is 9.20. The Bertz CT molecular complexity index is 637. The van der Waals surface area contributed by atoms with Gasteiger partial charge < -0.3 is 4.74 Å². The van der Waals surface area contributed by atoms with Crippen LogP contribution in [0.2, 0.25) is 0 Å². The van der Waals surface area contributed by atoms with E-state index < -0.39 is 0 Å². The van der Waals surface area contributed by atoms with E-state index in [0.717, 1.165) is 31.2 Å². The summed E-state index contributed by atoms with van der Waals surface area (Å²) in [4.78, 5) is 6.86. The van der Waals surface area contributed by atoms with Crippen LogP contribution in [0.4, 0.5) is 0 Å². The van der Waals surface area contributed by atoms with E-state index in [4.69, 9.17) is 4.74 Å². The molecule has 1 saturated carbocycles. The fourth-order valence-electron chi connectivity index (χ4n) is 4.01. The highest BCUT2D eigenvalue weighted by Crippen LogP contribution is 2.27. The number of hydrogen-bond donors (Lipinski definition) is 1. The number of H-pyrrole nitrogens is 1. The van der Waals surface area contributed by atoms with Crippen LogP contribution in [0.1, 0.15) is 55.8 Å². The minimum absolute atomic E-state index is 0.422. The first kappa shape index (κ1) is 15.6. The SMILES string of the molecule is c1cc(CN2CCCC(c3ncn[nH]3)C2)cc(OC2CCCC2)c1. The second-order valence-corrected chi connectivity index (χ2v) is 7.12. The number of likely N-dealkylation sites (tertiary alicyclic amines) is 1. The summed E-state index contributed by atoms with van der Waals surface area (Å²) >= 11 is 0. The van der Waals surface area contributed by atoms with Crippen molar-refractivity contribution in [2.45, 2.75) is 57.1 Å². The van der Waals surface area contributed by atoms with E-state index in [-0.39, 0.29) is 0 Å². The summed E-state index contributed by atoms with van der Waals surface area (Å²) in [5.41, 5.74) is 1.34. The van der Waals surface area contributed by atoms with Crippen molar-refractivity contribution in [3.8, 4) is 5.75 Å². The van der Waals surface area contributed by atoms with Crippen LogP contribution in [0.15, 0.2) is 30.6 Å². The number of nitrogens with one attached hydrogen (secondary N) is 1. The Morgan fingerprint density at radius 3 is 2.92 bits per heavy atom. The van der Waals surface area contributed by atoms with Gasteiger partial charge in [-0.05, 0) is 62.8 Å². The molecule has 0 spiro atoms. The maximum atomic E-state index is 6.14. The molecule has 1 aromatic carbocycles. The largest absolute Gasteiger partial charge is 0.490 e. The Morgan fingerprint density at radius 2 is 2.08 bits per heavy atom. The monoisotopic (exact) mass is 326 g/mol. The van der Waals surface area contributed by atoms with Gasteiger partial charge >= 0.3 is 0 Å². The summed E-state index contributed by atoms with van der Waals surface area (Å²) in [7, 11) is 0. The van der Waals surface area contributed by atoms with Crippen molar-refractivity contribution >= 4 is 0 Å². The van der Waals surface area contributed by atoms with E-state index in [9.17, 15) is 0 Å². The van der Waals surface area contributed by atoms with Crippen molar-refractivity contribution in [3.05, 3.63) is 42.0 Å². The molecule has 2 aromatic rings.